The number of rotatable bonds is 4. The molecule has 0 saturated carbocycles. The van der Waals surface area contributed by atoms with Crippen molar-refractivity contribution in [3.63, 3.8) is 0 Å². The van der Waals surface area contributed by atoms with E-state index in [4.69, 9.17) is 9.47 Å². The van der Waals surface area contributed by atoms with E-state index in [1.165, 1.54) is 50.1 Å². The molecule has 2 aromatic carbocycles. The Morgan fingerprint density at radius 1 is 0.533 bits per heavy atom. The molecule has 0 aliphatic carbocycles. The van der Waals surface area contributed by atoms with E-state index in [0.29, 0.717) is 0 Å². The van der Waals surface area contributed by atoms with Crippen LogP contribution in [0.15, 0.2) is 48.5 Å². The monoisotopic (exact) mass is 464 g/mol. The van der Waals surface area contributed by atoms with Gasteiger partial charge in [0, 0.05) is 62.2 Å². The van der Waals surface area contributed by atoms with Crippen LogP contribution < -0.4 is 9.47 Å². The van der Waals surface area contributed by atoms with Gasteiger partial charge in [-0.25, -0.2) is 0 Å². The van der Waals surface area contributed by atoms with Crippen molar-refractivity contribution >= 4 is 97.8 Å². The first kappa shape index (κ1) is 18.4. The quantitative estimate of drug-likeness (QED) is 0.260. The number of benzene rings is 2. The highest BCUT2D eigenvalue weighted by molar-refractivity contribution is 7.23. The molecule has 148 valence electrons. The smallest absolute Gasteiger partial charge is 0.174 e. The highest BCUT2D eigenvalue weighted by Gasteiger charge is 2.10. The highest BCUT2D eigenvalue weighted by atomic mass is 32.1. The average Bonchev–Trinajstić information content (AvgIpc) is 3.53. The van der Waals surface area contributed by atoms with Gasteiger partial charge in [-0.2, -0.15) is 0 Å². The molecule has 0 N–H and O–H groups in total. The van der Waals surface area contributed by atoms with Crippen molar-refractivity contribution in [1.29, 1.82) is 0 Å². The zero-order chi connectivity index (χ0) is 20.2. The molecule has 6 aromatic rings. The van der Waals surface area contributed by atoms with Gasteiger partial charge in [0.15, 0.2) is 10.1 Å². The first-order chi connectivity index (χ1) is 14.7. The molecule has 0 atom stereocenters. The minimum atomic E-state index is 0.961. The molecule has 0 aliphatic heterocycles. The van der Waals surface area contributed by atoms with E-state index >= 15 is 0 Å². The fourth-order valence-electron chi connectivity index (χ4n) is 3.78. The molecule has 0 aliphatic rings. The average molecular weight is 465 g/mol. The lowest BCUT2D eigenvalue weighted by Gasteiger charge is -1.90. The van der Waals surface area contributed by atoms with Gasteiger partial charge in [0.25, 0.3) is 0 Å². The van der Waals surface area contributed by atoms with Gasteiger partial charge in [-0.15, -0.1) is 22.7 Å². The molecule has 0 saturated heterocycles. The molecule has 2 nitrogen and oxygen atoms in total. The Hall–Kier alpha value is -2.38. The van der Waals surface area contributed by atoms with Gasteiger partial charge in [0.05, 0.1) is 14.2 Å². The Kier molecular flexibility index (Phi) is 4.35. The summed E-state index contributed by atoms with van der Waals surface area (Å²) in [6.07, 6.45) is 4.46. The molecule has 0 unspecified atom stereocenters. The zero-order valence-electron chi connectivity index (χ0n) is 16.2. The number of fused-ring (bicyclic) bond motifs is 6. The fourth-order valence-corrected chi connectivity index (χ4v) is 7.53. The van der Waals surface area contributed by atoms with Crippen molar-refractivity contribution in [2.24, 2.45) is 0 Å². The van der Waals surface area contributed by atoms with Gasteiger partial charge < -0.3 is 9.47 Å². The maximum absolute atomic E-state index is 5.43. The van der Waals surface area contributed by atoms with E-state index in [0.717, 1.165) is 10.1 Å². The van der Waals surface area contributed by atoms with Gasteiger partial charge in [0.1, 0.15) is 0 Å². The number of ether oxygens (including phenoxy) is 2. The minimum absolute atomic E-state index is 0.961. The van der Waals surface area contributed by atoms with Crippen molar-refractivity contribution in [2.45, 2.75) is 0 Å². The summed E-state index contributed by atoms with van der Waals surface area (Å²) in [7, 11) is 3.46. The molecule has 0 bridgehead atoms. The van der Waals surface area contributed by atoms with Crippen LogP contribution in [0, 0.1) is 0 Å². The molecular formula is C24H16O2S4. The van der Waals surface area contributed by atoms with Crippen molar-refractivity contribution in [1.82, 2.24) is 0 Å². The standard InChI is InChI=1S/C24H16O2S4/c1-25-23-11-17-15-9-13(27-19(15)5-7-21(17)29-23)3-4-14-10-16-18-12-24(26-2)30-22(18)8-6-20(16)28-14/h3-12H,1-2H3/b4-3+. The minimum Gasteiger partial charge on any atom is -0.487 e. The molecular weight excluding hydrogens is 449 g/mol. The Labute approximate surface area is 189 Å². The van der Waals surface area contributed by atoms with Crippen LogP contribution in [0.1, 0.15) is 9.75 Å². The maximum Gasteiger partial charge on any atom is 0.174 e. The summed E-state index contributed by atoms with van der Waals surface area (Å²) in [4.78, 5) is 2.53. The van der Waals surface area contributed by atoms with E-state index in [9.17, 15) is 0 Å². The summed E-state index contributed by atoms with van der Waals surface area (Å²) in [5.41, 5.74) is 0. The molecule has 0 fully saturated rings. The summed E-state index contributed by atoms with van der Waals surface area (Å²) in [5, 5.41) is 7.09. The topological polar surface area (TPSA) is 18.5 Å². The van der Waals surface area contributed by atoms with Crippen LogP contribution in [0.25, 0.3) is 52.5 Å². The lowest BCUT2D eigenvalue weighted by atomic mass is 10.1. The summed E-state index contributed by atoms with van der Waals surface area (Å²) < 4.78 is 16.0. The Balaban J connectivity index is 1.40. The third-order valence-electron chi connectivity index (χ3n) is 5.20. The van der Waals surface area contributed by atoms with E-state index in [1.54, 1.807) is 36.9 Å². The largest absolute Gasteiger partial charge is 0.487 e. The molecule has 30 heavy (non-hydrogen) atoms. The van der Waals surface area contributed by atoms with Gasteiger partial charge in [-0.1, -0.05) is 22.7 Å². The van der Waals surface area contributed by atoms with Crippen LogP contribution in [0.5, 0.6) is 10.1 Å². The van der Waals surface area contributed by atoms with Gasteiger partial charge in [-0.05, 0) is 48.6 Å². The summed E-state index contributed by atoms with van der Waals surface area (Å²) in [5.74, 6) is 0. The Bertz CT molecular complexity index is 1460. The predicted molar refractivity (Wildman–Crippen MR) is 136 cm³/mol. The third kappa shape index (κ3) is 2.94. The Morgan fingerprint density at radius 2 is 0.900 bits per heavy atom. The van der Waals surface area contributed by atoms with Crippen molar-refractivity contribution < 1.29 is 9.47 Å². The fraction of sp³-hybridized carbons (Fsp3) is 0.0833. The van der Waals surface area contributed by atoms with Gasteiger partial charge in [0.2, 0.25) is 0 Å². The predicted octanol–water partition coefficient (Wildman–Crippen LogP) is 8.73. The molecule has 4 heterocycles. The van der Waals surface area contributed by atoms with Crippen LogP contribution in [0.4, 0.5) is 0 Å². The van der Waals surface area contributed by atoms with Crippen LogP contribution in [-0.2, 0) is 0 Å². The number of hydrogen-bond donors (Lipinski definition) is 0. The van der Waals surface area contributed by atoms with E-state index in [2.05, 4.69) is 60.7 Å². The lowest BCUT2D eigenvalue weighted by molar-refractivity contribution is 0.427. The van der Waals surface area contributed by atoms with E-state index < -0.39 is 0 Å². The molecule has 0 spiro atoms. The lowest BCUT2D eigenvalue weighted by Crippen LogP contribution is -1.73. The zero-order valence-corrected chi connectivity index (χ0v) is 19.5. The second-order valence-electron chi connectivity index (χ2n) is 6.95. The van der Waals surface area contributed by atoms with Crippen LogP contribution in [-0.4, -0.2) is 14.2 Å². The third-order valence-corrected chi connectivity index (χ3v) is 9.46. The highest BCUT2D eigenvalue weighted by Crippen LogP contribution is 2.41. The van der Waals surface area contributed by atoms with Crippen LogP contribution in [0.3, 0.4) is 0 Å². The Morgan fingerprint density at radius 3 is 1.30 bits per heavy atom. The van der Waals surface area contributed by atoms with E-state index in [-0.39, 0.29) is 0 Å². The van der Waals surface area contributed by atoms with Crippen molar-refractivity contribution in [3.8, 4) is 10.1 Å². The van der Waals surface area contributed by atoms with E-state index in [1.807, 2.05) is 22.7 Å². The number of hydrogen-bond acceptors (Lipinski definition) is 6. The molecule has 4 aromatic heterocycles. The summed E-state index contributed by atoms with van der Waals surface area (Å²) in [6, 6.07) is 17.7. The second-order valence-corrected chi connectivity index (χ2v) is 11.3. The molecule has 6 heteroatoms. The summed E-state index contributed by atoms with van der Waals surface area (Å²) >= 11 is 7.05. The molecule has 0 radical (unpaired) electrons. The molecule has 6 rings (SSSR count). The number of thiophene rings is 4. The van der Waals surface area contributed by atoms with Crippen LogP contribution >= 0.6 is 45.3 Å². The normalized spacial score (nSPS) is 12.2. The second kappa shape index (κ2) is 7.10. The van der Waals surface area contributed by atoms with Crippen molar-refractivity contribution in [2.75, 3.05) is 14.2 Å². The van der Waals surface area contributed by atoms with Crippen molar-refractivity contribution in [3.05, 3.63) is 58.3 Å². The van der Waals surface area contributed by atoms with Crippen LogP contribution in [0.2, 0.25) is 0 Å². The molecule has 0 amide bonds. The summed E-state index contributed by atoms with van der Waals surface area (Å²) in [6.45, 7) is 0. The van der Waals surface area contributed by atoms with Gasteiger partial charge in [-0.3, -0.25) is 0 Å². The first-order valence-corrected chi connectivity index (χ1v) is 12.7. The first-order valence-electron chi connectivity index (χ1n) is 9.40. The maximum atomic E-state index is 5.43. The van der Waals surface area contributed by atoms with Gasteiger partial charge >= 0.3 is 0 Å². The SMILES string of the molecule is COc1cc2c(ccc3sc(/C=C/c4cc5c(ccc6sc(OC)cc65)s4)cc32)s1. The number of methoxy groups -OCH3 is 2.